The minimum Gasteiger partial charge on any atom is -0.355 e. The van der Waals surface area contributed by atoms with Crippen molar-refractivity contribution in [2.45, 2.75) is 38.8 Å². The molecule has 3 rings (SSSR count). The number of aryl methyl sites for hydroxylation is 1. The summed E-state index contributed by atoms with van der Waals surface area (Å²) in [7, 11) is 2.10. The third kappa shape index (κ3) is 4.27. The third-order valence-corrected chi connectivity index (χ3v) is 4.81. The summed E-state index contributed by atoms with van der Waals surface area (Å²) in [6.45, 7) is 4.26. The van der Waals surface area contributed by atoms with Crippen LogP contribution in [-0.4, -0.2) is 46.2 Å². The van der Waals surface area contributed by atoms with Crippen LogP contribution in [0.25, 0.3) is 0 Å². The van der Waals surface area contributed by atoms with Crippen molar-refractivity contribution in [1.29, 1.82) is 5.26 Å². The lowest BCUT2D eigenvalue weighted by atomic mass is 10.1. The first-order valence-corrected chi connectivity index (χ1v) is 8.74. The van der Waals surface area contributed by atoms with Gasteiger partial charge in [-0.1, -0.05) is 16.8 Å². The van der Waals surface area contributed by atoms with Crippen LogP contribution in [0, 0.1) is 18.3 Å². The van der Waals surface area contributed by atoms with Crippen molar-refractivity contribution in [1.82, 2.24) is 20.0 Å². The summed E-state index contributed by atoms with van der Waals surface area (Å²) in [5, 5.41) is 13.4. The molecule has 1 saturated heterocycles. The number of pyridine rings is 1. The van der Waals surface area contributed by atoms with E-state index in [4.69, 9.17) is 21.4 Å². The minimum atomic E-state index is 0.445. The zero-order valence-corrected chi connectivity index (χ0v) is 15.2. The molecule has 2 aromatic heterocycles. The van der Waals surface area contributed by atoms with E-state index < -0.39 is 0 Å². The van der Waals surface area contributed by atoms with Gasteiger partial charge in [-0.15, -0.1) is 0 Å². The van der Waals surface area contributed by atoms with E-state index in [9.17, 15) is 0 Å². The number of halogens is 1. The lowest BCUT2D eigenvalue weighted by Gasteiger charge is -2.26. The van der Waals surface area contributed by atoms with Crippen molar-refractivity contribution >= 4 is 17.4 Å². The number of anilines is 1. The predicted molar refractivity (Wildman–Crippen MR) is 94.3 cm³/mol. The summed E-state index contributed by atoms with van der Waals surface area (Å²) < 4.78 is 5.04. The summed E-state index contributed by atoms with van der Waals surface area (Å²) in [6.07, 6.45) is 4.73. The first-order chi connectivity index (χ1) is 12.1. The SMILES string of the molecule is Cc1nc(CN(C)C2CCCN(c3ncc(C#N)cc3Cl)CC2)no1. The zero-order valence-electron chi connectivity index (χ0n) is 14.4. The molecule has 8 heteroatoms. The summed E-state index contributed by atoms with van der Waals surface area (Å²) in [5.41, 5.74) is 0.483. The van der Waals surface area contributed by atoms with E-state index in [-0.39, 0.29) is 0 Å². The second-order valence-corrected chi connectivity index (χ2v) is 6.76. The molecule has 0 aromatic carbocycles. The number of hydrogen-bond acceptors (Lipinski definition) is 7. The van der Waals surface area contributed by atoms with Gasteiger partial charge in [0.15, 0.2) is 5.82 Å². The number of aromatic nitrogens is 3. The van der Waals surface area contributed by atoms with Gasteiger partial charge in [0.25, 0.3) is 0 Å². The standard InChI is InChI=1S/C17H21ClN6O/c1-12-21-16(22-25-12)11-23(2)14-4-3-6-24(7-5-14)17-15(18)8-13(9-19)10-20-17/h8,10,14H,3-7,11H2,1-2H3. The summed E-state index contributed by atoms with van der Waals surface area (Å²) >= 11 is 6.31. The Morgan fingerprint density at radius 3 is 2.96 bits per heavy atom. The van der Waals surface area contributed by atoms with Crippen molar-refractivity contribution in [2.24, 2.45) is 0 Å². The molecule has 1 aliphatic heterocycles. The molecule has 25 heavy (non-hydrogen) atoms. The summed E-state index contributed by atoms with van der Waals surface area (Å²) in [6, 6.07) is 4.19. The monoisotopic (exact) mass is 360 g/mol. The Labute approximate surface area is 152 Å². The zero-order chi connectivity index (χ0) is 17.8. The summed E-state index contributed by atoms with van der Waals surface area (Å²) in [4.78, 5) is 13.1. The average Bonchev–Trinajstić information content (AvgIpc) is 2.85. The highest BCUT2D eigenvalue weighted by Gasteiger charge is 2.23. The maximum Gasteiger partial charge on any atom is 0.223 e. The van der Waals surface area contributed by atoms with Crippen LogP contribution in [0.15, 0.2) is 16.8 Å². The van der Waals surface area contributed by atoms with E-state index in [0.717, 1.165) is 44.0 Å². The second-order valence-electron chi connectivity index (χ2n) is 6.36. The van der Waals surface area contributed by atoms with E-state index in [0.29, 0.717) is 29.1 Å². The molecule has 2 aromatic rings. The van der Waals surface area contributed by atoms with Crippen LogP contribution in [0.2, 0.25) is 5.02 Å². The molecule has 0 N–H and O–H groups in total. The molecular weight excluding hydrogens is 340 g/mol. The Kier molecular flexibility index (Phi) is 5.51. The normalized spacial score (nSPS) is 18.2. The third-order valence-electron chi connectivity index (χ3n) is 4.53. The van der Waals surface area contributed by atoms with Gasteiger partial charge >= 0.3 is 0 Å². The van der Waals surface area contributed by atoms with Gasteiger partial charge in [0.1, 0.15) is 11.9 Å². The highest BCUT2D eigenvalue weighted by Crippen LogP contribution is 2.27. The van der Waals surface area contributed by atoms with Crippen LogP contribution in [0.4, 0.5) is 5.82 Å². The quantitative estimate of drug-likeness (QED) is 0.829. The molecule has 0 amide bonds. The average molecular weight is 361 g/mol. The fourth-order valence-corrected chi connectivity index (χ4v) is 3.50. The fraction of sp³-hybridized carbons (Fsp3) is 0.529. The van der Waals surface area contributed by atoms with E-state index in [1.807, 2.05) is 0 Å². The second kappa shape index (κ2) is 7.81. The molecule has 7 nitrogen and oxygen atoms in total. The molecule has 0 radical (unpaired) electrons. The van der Waals surface area contributed by atoms with Gasteiger partial charge in [-0.05, 0) is 32.4 Å². The molecule has 0 bridgehead atoms. The van der Waals surface area contributed by atoms with Crippen LogP contribution in [0.1, 0.15) is 36.5 Å². The van der Waals surface area contributed by atoms with E-state index in [1.54, 1.807) is 19.2 Å². The van der Waals surface area contributed by atoms with Crippen molar-refractivity contribution in [3.8, 4) is 6.07 Å². The van der Waals surface area contributed by atoms with Gasteiger partial charge in [-0.3, -0.25) is 4.90 Å². The van der Waals surface area contributed by atoms with Crippen molar-refractivity contribution < 1.29 is 4.52 Å². The highest BCUT2D eigenvalue weighted by atomic mass is 35.5. The summed E-state index contributed by atoms with van der Waals surface area (Å²) in [5.74, 6) is 2.08. The smallest absolute Gasteiger partial charge is 0.223 e. The van der Waals surface area contributed by atoms with Crippen LogP contribution in [-0.2, 0) is 6.54 Å². The molecule has 1 atom stereocenters. The van der Waals surface area contributed by atoms with Crippen LogP contribution in [0.5, 0.6) is 0 Å². The molecule has 1 aliphatic rings. The van der Waals surface area contributed by atoms with Gasteiger partial charge in [-0.25, -0.2) is 4.98 Å². The molecule has 1 fully saturated rings. The van der Waals surface area contributed by atoms with Gasteiger partial charge < -0.3 is 9.42 Å². The number of hydrogen-bond donors (Lipinski definition) is 0. The Morgan fingerprint density at radius 2 is 2.28 bits per heavy atom. The van der Waals surface area contributed by atoms with Gasteiger partial charge in [-0.2, -0.15) is 10.2 Å². The minimum absolute atomic E-state index is 0.445. The Morgan fingerprint density at radius 1 is 1.44 bits per heavy atom. The molecular formula is C17H21ClN6O. The van der Waals surface area contributed by atoms with Gasteiger partial charge in [0, 0.05) is 32.3 Å². The Hall–Kier alpha value is -2.17. The topological polar surface area (TPSA) is 82.1 Å². The van der Waals surface area contributed by atoms with Crippen LogP contribution < -0.4 is 4.90 Å². The number of nitriles is 1. The molecule has 3 heterocycles. The molecule has 0 saturated carbocycles. The first kappa shape index (κ1) is 17.6. The largest absolute Gasteiger partial charge is 0.355 e. The fourth-order valence-electron chi connectivity index (χ4n) is 3.21. The van der Waals surface area contributed by atoms with Crippen LogP contribution >= 0.6 is 11.6 Å². The predicted octanol–water partition coefficient (Wildman–Crippen LogP) is 2.79. The van der Waals surface area contributed by atoms with E-state index >= 15 is 0 Å². The maximum absolute atomic E-state index is 8.94. The lowest BCUT2D eigenvalue weighted by molar-refractivity contribution is 0.209. The maximum atomic E-state index is 8.94. The first-order valence-electron chi connectivity index (χ1n) is 8.37. The lowest BCUT2D eigenvalue weighted by Crippen LogP contribution is -2.33. The molecule has 0 spiro atoms. The van der Waals surface area contributed by atoms with Crippen molar-refractivity contribution in [2.75, 3.05) is 25.0 Å². The number of nitrogens with zero attached hydrogens (tertiary/aromatic N) is 6. The van der Waals surface area contributed by atoms with E-state index in [1.165, 1.54) is 0 Å². The van der Waals surface area contributed by atoms with Crippen LogP contribution in [0.3, 0.4) is 0 Å². The van der Waals surface area contributed by atoms with Gasteiger partial charge in [0.2, 0.25) is 5.89 Å². The highest BCUT2D eigenvalue weighted by molar-refractivity contribution is 6.33. The van der Waals surface area contributed by atoms with Crippen molar-refractivity contribution in [3.63, 3.8) is 0 Å². The van der Waals surface area contributed by atoms with Gasteiger partial charge in [0.05, 0.1) is 17.1 Å². The Balaban J connectivity index is 1.63. The number of rotatable bonds is 4. The molecule has 0 aliphatic carbocycles. The molecule has 1 unspecified atom stereocenters. The molecule has 132 valence electrons. The van der Waals surface area contributed by atoms with Crippen molar-refractivity contribution in [3.05, 3.63) is 34.6 Å². The van der Waals surface area contributed by atoms with E-state index in [2.05, 4.69) is 38.0 Å². The Bertz CT molecular complexity index is 771.